The van der Waals surface area contributed by atoms with Crippen LogP contribution in [0.15, 0.2) is 36.4 Å². The Morgan fingerprint density at radius 1 is 0.821 bits per heavy atom. The maximum Gasteiger partial charge on any atom is 0.153 e. The second-order valence-corrected chi connectivity index (χ2v) is 9.07. The molecule has 4 nitrogen and oxygen atoms in total. The van der Waals surface area contributed by atoms with E-state index in [1.54, 1.807) is 12.1 Å². The molecule has 3 unspecified atom stereocenters. The van der Waals surface area contributed by atoms with E-state index in [9.17, 15) is 19.8 Å². The summed E-state index contributed by atoms with van der Waals surface area (Å²) in [6.45, 7) is 0. The van der Waals surface area contributed by atoms with Crippen molar-refractivity contribution < 1.29 is 19.8 Å². The van der Waals surface area contributed by atoms with E-state index in [1.165, 1.54) is 19.3 Å². The van der Waals surface area contributed by atoms with Crippen molar-refractivity contribution in [1.82, 2.24) is 0 Å². The third-order valence-electron chi connectivity index (χ3n) is 7.58. The van der Waals surface area contributed by atoms with Gasteiger partial charge >= 0.3 is 0 Å². The summed E-state index contributed by atoms with van der Waals surface area (Å²) >= 11 is 0. The van der Waals surface area contributed by atoms with E-state index in [-0.39, 0.29) is 22.8 Å². The van der Waals surface area contributed by atoms with Gasteiger partial charge in [0.05, 0.1) is 11.1 Å². The number of hydrogen-bond donors (Lipinski definition) is 2. The maximum absolute atomic E-state index is 11.5. The van der Waals surface area contributed by atoms with Crippen molar-refractivity contribution in [1.29, 1.82) is 0 Å². The van der Waals surface area contributed by atoms with Gasteiger partial charge in [-0.25, -0.2) is 0 Å². The first-order chi connectivity index (χ1) is 13.5. The summed E-state index contributed by atoms with van der Waals surface area (Å²) in [6.07, 6.45) is 7.29. The highest BCUT2D eigenvalue weighted by atomic mass is 16.3. The summed E-state index contributed by atoms with van der Waals surface area (Å²) < 4.78 is 0. The number of phenols is 2. The number of rotatable bonds is 4. The smallest absolute Gasteiger partial charge is 0.153 e. The molecule has 0 radical (unpaired) electrons. The molecule has 0 spiro atoms. The molecule has 2 N–H and O–H groups in total. The summed E-state index contributed by atoms with van der Waals surface area (Å²) in [7, 11) is 0. The molecule has 4 fully saturated rings. The second kappa shape index (κ2) is 6.20. The lowest BCUT2D eigenvalue weighted by Gasteiger charge is -2.62. The van der Waals surface area contributed by atoms with Gasteiger partial charge < -0.3 is 10.2 Å². The first-order valence-electron chi connectivity index (χ1n) is 10.1. The van der Waals surface area contributed by atoms with Crippen molar-refractivity contribution in [2.24, 2.45) is 17.8 Å². The van der Waals surface area contributed by atoms with Crippen molar-refractivity contribution in [3.8, 4) is 11.5 Å². The van der Waals surface area contributed by atoms with Gasteiger partial charge in [-0.3, -0.25) is 9.59 Å². The highest BCUT2D eigenvalue weighted by Gasteiger charge is 2.58. The monoisotopic (exact) mass is 376 g/mol. The van der Waals surface area contributed by atoms with Crippen LogP contribution >= 0.6 is 0 Å². The van der Waals surface area contributed by atoms with Gasteiger partial charge in [0, 0.05) is 5.41 Å². The molecular weight excluding hydrogens is 352 g/mol. The first kappa shape index (κ1) is 17.5. The Bertz CT molecular complexity index is 949. The molecule has 4 saturated carbocycles. The quantitative estimate of drug-likeness (QED) is 0.766. The van der Waals surface area contributed by atoms with Crippen molar-refractivity contribution in [2.45, 2.75) is 43.4 Å². The van der Waals surface area contributed by atoms with Gasteiger partial charge in [-0.1, -0.05) is 12.1 Å². The van der Waals surface area contributed by atoms with Crippen LogP contribution < -0.4 is 0 Å². The van der Waals surface area contributed by atoms with E-state index in [4.69, 9.17) is 0 Å². The minimum atomic E-state index is -0.0860. The fraction of sp³-hybridized carbons (Fsp3) is 0.417. The standard InChI is InChI=1S/C24H24O4/c25-12-18-8-16(1-3-21(18)27)23-17-6-14-5-15(7-17)11-24(23,10-14)20-2-4-22(28)19(9-20)13-26/h1-4,8-9,12-15,17,23,27-28H,5-7,10-11H2. The van der Waals surface area contributed by atoms with Gasteiger partial charge in [-0.2, -0.15) is 0 Å². The summed E-state index contributed by atoms with van der Waals surface area (Å²) in [4.78, 5) is 22.9. The van der Waals surface area contributed by atoms with Crippen LogP contribution in [0.2, 0.25) is 0 Å². The van der Waals surface area contributed by atoms with Crippen LogP contribution in [0.1, 0.15) is 69.9 Å². The first-order valence-corrected chi connectivity index (χ1v) is 10.1. The largest absolute Gasteiger partial charge is 0.507 e. The Morgan fingerprint density at radius 2 is 1.43 bits per heavy atom. The van der Waals surface area contributed by atoms with E-state index >= 15 is 0 Å². The minimum absolute atomic E-state index is 0.0180. The summed E-state index contributed by atoms with van der Waals surface area (Å²) in [5.41, 5.74) is 2.81. The zero-order chi connectivity index (χ0) is 19.5. The number of carbonyl (C=O) groups excluding carboxylic acids is 2. The van der Waals surface area contributed by atoms with E-state index in [0.29, 0.717) is 35.2 Å². The van der Waals surface area contributed by atoms with E-state index in [1.807, 2.05) is 24.3 Å². The van der Waals surface area contributed by atoms with Gasteiger partial charge in [-0.15, -0.1) is 0 Å². The van der Waals surface area contributed by atoms with Crippen LogP contribution in [0, 0.1) is 17.8 Å². The number of aromatic hydroxyl groups is 2. The lowest BCUT2D eigenvalue weighted by molar-refractivity contribution is -0.0281. The highest BCUT2D eigenvalue weighted by Crippen LogP contribution is 2.66. The molecule has 28 heavy (non-hydrogen) atoms. The molecule has 0 heterocycles. The topological polar surface area (TPSA) is 74.6 Å². The summed E-state index contributed by atoms with van der Waals surface area (Å²) in [5.74, 6) is 2.24. The van der Waals surface area contributed by atoms with Crippen LogP contribution in [0.5, 0.6) is 11.5 Å². The van der Waals surface area contributed by atoms with Crippen LogP contribution in [0.25, 0.3) is 0 Å². The second-order valence-electron chi connectivity index (χ2n) is 9.07. The molecule has 144 valence electrons. The molecule has 0 amide bonds. The minimum Gasteiger partial charge on any atom is -0.507 e. The molecule has 4 bridgehead atoms. The molecule has 0 aliphatic heterocycles. The molecular formula is C24H24O4. The van der Waals surface area contributed by atoms with Crippen LogP contribution in [0.3, 0.4) is 0 Å². The molecule has 2 aromatic rings. The van der Waals surface area contributed by atoms with E-state index < -0.39 is 0 Å². The zero-order valence-corrected chi connectivity index (χ0v) is 15.7. The number of aldehydes is 2. The van der Waals surface area contributed by atoms with Crippen molar-refractivity contribution in [2.75, 3.05) is 0 Å². The molecule has 4 heteroatoms. The third kappa shape index (κ3) is 2.43. The SMILES string of the molecule is O=Cc1cc(C2C3CC4CC(C3)CC2(c2ccc(O)c(C=O)c2)C4)ccc1O. The Hall–Kier alpha value is -2.62. The van der Waals surface area contributed by atoms with E-state index in [0.717, 1.165) is 30.3 Å². The molecule has 6 rings (SSSR count). The fourth-order valence-electron chi connectivity index (χ4n) is 6.87. The Morgan fingerprint density at radius 3 is 2.07 bits per heavy atom. The van der Waals surface area contributed by atoms with Gasteiger partial charge in [0.25, 0.3) is 0 Å². The van der Waals surface area contributed by atoms with Crippen molar-refractivity contribution >= 4 is 12.6 Å². The van der Waals surface area contributed by atoms with Gasteiger partial charge in [0.15, 0.2) is 12.6 Å². The normalized spacial score (nSPS) is 33.0. The predicted molar refractivity (Wildman–Crippen MR) is 105 cm³/mol. The molecule has 4 aliphatic rings. The number of benzene rings is 2. The summed E-state index contributed by atoms with van der Waals surface area (Å²) in [6, 6.07) is 10.9. The summed E-state index contributed by atoms with van der Waals surface area (Å²) in [5, 5.41) is 20.0. The molecule has 0 saturated heterocycles. The number of phenolic OH excluding ortho intramolecular Hbond substituents is 2. The Labute approximate surface area is 164 Å². The zero-order valence-electron chi connectivity index (χ0n) is 15.7. The van der Waals surface area contributed by atoms with Crippen molar-refractivity contribution in [3.05, 3.63) is 58.7 Å². The van der Waals surface area contributed by atoms with E-state index in [2.05, 4.69) is 0 Å². The average molecular weight is 376 g/mol. The highest BCUT2D eigenvalue weighted by molar-refractivity contribution is 5.80. The fourth-order valence-corrected chi connectivity index (χ4v) is 6.87. The lowest BCUT2D eigenvalue weighted by Crippen LogP contribution is -2.53. The number of carbonyl (C=O) groups is 2. The lowest BCUT2D eigenvalue weighted by atomic mass is 9.42. The van der Waals surface area contributed by atoms with Gasteiger partial charge in [-0.05, 0) is 91.2 Å². The Kier molecular flexibility index (Phi) is 3.87. The van der Waals surface area contributed by atoms with Crippen molar-refractivity contribution in [3.63, 3.8) is 0 Å². The predicted octanol–water partition coefficient (Wildman–Crippen LogP) is 4.58. The molecule has 4 aliphatic carbocycles. The van der Waals surface area contributed by atoms with Crippen LogP contribution in [0.4, 0.5) is 0 Å². The Balaban J connectivity index is 1.68. The van der Waals surface area contributed by atoms with Crippen LogP contribution in [-0.2, 0) is 5.41 Å². The average Bonchev–Trinajstić information content (AvgIpc) is 2.68. The third-order valence-corrected chi connectivity index (χ3v) is 7.58. The maximum atomic E-state index is 11.5. The number of hydrogen-bond acceptors (Lipinski definition) is 4. The van der Waals surface area contributed by atoms with Crippen LogP contribution in [-0.4, -0.2) is 22.8 Å². The van der Waals surface area contributed by atoms with Gasteiger partial charge in [0.1, 0.15) is 11.5 Å². The molecule has 2 aromatic carbocycles. The molecule has 3 atom stereocenters. The molecule has 0 aromatic heterocycles. The van der Waals surface area contributed by atoms with Gasteiger partial charge in [0.2, 0.25) is 0 Å².